The summed E-state index contributed by atoms with van der Waals surface area (Å²) in [5, 5.41) is 15.1. The quantitative estimate of drug-likeness (QED) is 0.144. The molecule has 0 bridgehead atoms. The van der Waals surface area contributed by atoms with Gasteiger partial charge >= 0.3 is 5.97 Å². The Balaban J connectivity index is 0.000000677. The lowest BCUT2D eigenvalue weighted by Gasteiger charge is -2.21. The van der Waals surface area contributed by atoms with Crippen LogP contribution in [0.4, 0.5) is 0 Å². The molecule has 218 valence electrons. The van der Waals surface area contributed by atoms with Gasteiger partial charge in [-0.15, -0.1) is 0 Å². The molecule has 2 aromatic rings. The Morgan fingerprint density at radius 3 is 2.65 bits per heavy atom. The number of aliphatic hydroxyl groups excluding tert-OH is 1. The molecule has 0 saturated carbocycles. The molecule has 5 rings (SSSR count). The number of nitrogens with one attached hydrogen (secondary N) is 1. The van der Waals surface area contributed by atoms with E-state index in [-0.39, 0.29) is 25.5 Å². The van der Waals surface area contributed by atoms with Crippen molar-refractivity contribution in [2.45, 2.75) is 45.9 Å². The van der Waals surface area contributed by atoms with Crippen molar-refractivity contribution in [3.8, 4) is 11.4 Å². The molecular weight excluding hydrogens is 520 g/mol. The summed E-state index contributed by atoms with van der Waals surface area (Å²) in [7, 11) is 1.83. The number of carbonyl (C=O) groups is 2. The lowest BCUT2D eigenvalue weighted by atomic mass is 9.97. The second-order valence-corrected chi connectivity index (χ2v) is 8.76. The molecule has 3 aliphatic heterocycles. The van der Waals surface area contributed by atoms with Crippen LogP contribution in [-0.4, -0.2) is 73.8 Å². The largest absolute Gasteiger partial charge is 0.458 e. The average Bonchev–Trinajstić information content (AvgIpc) is 3.39. The Morgan fingerprint density at radius 2 is 1.95 bits per heavy atom. The number of hydrogen-bond acceptors (Lipinski definition) is 11. The van der Waals surface area contributed by atoms with Crippen molar-refractivity contribution in [3.05, 3.63) is 49.2 Å². The standard InChI is InChI=1S/C24H27N3O7.C2H5NO.C2H6/c1-25-12-31-6-2-3-14-15-4-7-32-13-33-8-5-19(15)26-21-17(14)10-27-20(21)9-16-18(23(27)29)11-34-24(30)22(16)28;3-1-2-4;1-2/h4-5,9,22,25,28H,2-3,6-8,10-13H2,1H3;2H,1,3H2;1-2H3/b15-4-,19-5+;;. The minimum absolute atomic E-state index is 0.139. The van der Waals surface area contributed by atoms with Gasteiger partial charge in [-0.3, -0.25) is 10.1 Å². The Hall–Kier alpha value is -3.26. The maximum Gasteiger partial charge on any atom is 0.340 e. The van der Waals surface area contributed by atoms with E-state index in [1.807, 2.05) is 33.0 Å². The van der Waals surface area contributed by atoms with E-state index >= 15 is 0 Å². The van der Waals surface area contributed by atoms with E-state index < -0.39 is 12.1 Å². The van der Waals surface area contributed by atoms with Crippen molar-refractivity contribution in [1.29, 1.82) is 0 Å². The molecule has 12 nitrogen and oxygen atoms in total. The normalized spacial score (nSPS) is 18.4. The van der Waals surface area contributed by atoms with Gasteiger partial charge in [-0.2, -0.15) is 0 Å². The fourth-order valence-electron chi connectivity index (χ4n) is 4.68. The van der Waals surface area contributed by atoms with Crippen molar-refractivity contribution < 1.29 is 33.6 Å². The number of pyridine rings is 2. The number of hydrogen-bond donors (Lipinski definition) is 3. The minimum Gasteiger partial charge on any atom is -0.458 e. The number of aldehydes is 1. The number of aromatic nitrogens is 2. The summed E-state index contributed by atoms with van der Waals surface area (Å²) in [6.45, 7) is 6.36. The molecule has 2 aromatic heterocycles. The van der Waals surface area contributed by atoms with Gasteiger partial charge in [0.15, 0.2) is 6.10 Å². The molecule has 0 fully saturated rings. The second kappa shape index (κ2) is 15.5. The first-order chi connectivity index (χ1) is 19.5. The second-order valence-electron chi connectivity index (χ2n) is 8.76. The molecule has 5 heterocycles. The fourth-order valence-corrected chi connectivity index (χ4v) is 4.68. The van der Waals surface area contributed by atoms with Crippen LogP contribution in [-0.2, 0) is 48.1 Å². The molecule has 0 aromatic carbocycles. The zero-order valence-electron chi connectivity index (χ0n) is 23.2. The maximum absolute atomic E-state index is 13.3. The zero-order valence-corrected chi connectivity index (χ0v) is 23.2. The van der Waals surface area contributed by atoms with Crippen molar-refractivity contribution in [2.24, 2.45) is 5.73 Å². The number of nitrogens with zero attached hydrogens (tertiary/aromatic N) is 2. The van der Waals surface area contributed by atoms with Gasteiger partial charge in [-0.1, -0.05) is 13.8 Å². The molecule has 4 N–H and O–H groups in total. The predicted octanol–water partition coefficient (Wildman–Crippen LogP) is -0.776. The highest BCUT2D eigenvalue weighted by Gasteiger charge is 2.34. The number of fused-ring (bicyclic) bond motifs is 5. The number of aliphatic hydroxyl groups is 1. The van der Waals surface area contributed by atoms with E-state index in [4.69, 9.17) is 28.7 Å². The van der Waals surface area contributed by atoms with E-state index in [0.29, 0.717) is 61.9 Å². The van der Waals surface area contributed by atoms with Crippen LogP contribution in [0, 0.1) is 0 Å². The molecule has 12 heteroatoms. The number of rotatable bonds is 7. The number of cyclic esters (lactones) is 1. The molecule has 0 aliphatic carbocycles. The third-order valence-electron chi connectivity index (χ3n) is 6.38. The minimum atomic E-state index is -1.48. The summed E-state index contributed by atoms with van der Waals surface area (Å²) in [6.07, 6.45) is 4.61. The Bertz CT molecular complexity index is 1370. The van der Waals surface area contributed by atoms with E-state index in [1.165, 1.54) is 0 Å². The number of carbonyl (C=O) groups excluding carboxylic acids is 2. The van der Waals surface area contributed by atoms with E-state index in [0.717, 1.165) is 34.5 Å². The maximum atomic E-state index is 13.3. The first-order valence-corrected chi connectivity index (χ1v) is 13.4. The van der Waals surface area contributed by atoms with Gasteiger partial charge in [0, 0.05) is 29.5 Å². The van der Waals surface area contributed by atoms with Crippen molar-refractivity contribution >= 4 is 24.4 Å². The number of nitrogens with two attached hydrogens (primary N) is 1. The van der Waals surface area contributed by atoms with Crippen LogP contribution in [0.5, 0.6) is 0 Å². The molecule has 0 spiro atoms. The summed E-state index contributed by atoms with van der Waals surface area (Å²) in [6, 6.07) is 1.70. The number of ether oxygens (including phenoxy) is 4. The van der Waals surface area contributed by atoms with E-state index in [9.17, 15) is 14.7 Å². The zero-order chi connectivity index (χ0) is 29.1. The van der Waals surface area contributed by atoms with Crippen LogP contribution in [0.3, 0.4) is 0 Å². The molecule has 0 radical (unpaired) electrons. The Kier molecular flexibility index (Phi) is 12.1. The molecule has 0 saturated heterocycles. The van der Waals surface area contributed by atoms with Gasteiger partial charge in [0.05, 0.1) is 48.8 Å². The summed E-state index contributed by atoms with van der Waals surface area (Å²) in [5.41, 5.74) is 8.30. The van der Waals surface area contributed by atoms with Gasteiger partial charge in [-0.25, -0.2) is 9.78 Å². The van der Waals surface area contributed by atoms with Crippen molar-refractivity contribution in [2.75, 3.05) is 46.9 Å². The highest BCUT2D eigenvalue weighted by molar-refractivity contribution is 5.79. The Morgan fingerprint density at radius 1 is 1.23 bits per heavy atom. The van der Waals surface area contributed by atoms with Crippen LogP contribution < -0.4 is 27.2 Å². The van der Waals surface area contributed by atoms with Gasteiger partial charge in [0.1, 0.15) is 19.7 Å². The lowest BCUT2D eigenvalue weighted by molar-refractivity contribution is -0.157. The molecule has 3 aliphatic rings. The van der Waals surface area contributed by atoms with Crippen LogP contribution in [0.25, 0.3) is 23.5 Å². The first kappa shape index (κ1) is 31.3. The highest BCUT2D eigenvalue weighted by atomic mass is 16.7. The smallest absolute Gasteiger partial charge is 0.340 e. The van der Waals surface area contributed by atoms with E-state index in [1.54, 1.807) is 10.6 Å². The third kappa shape index (κ3) is 6.89. The summed E-state index contributed by atoms with van der Waals surface area (Å²) in [4.78, 5) is 39.2. The molecular formula is C28H38N4O8. The fraction of sp³-hybridized carbons (Fsp3) is 0.500. The summed E-state index contributed by atoms with van der Waals surface area (Å²) < 4.78 is 23.2. The van der Waals surface area contributed by atoms with Gasteiger partial charge in [0.25, 0.3) is 5.56 Å². The highest BCUT2D eigenvalue weighted by Crippen LogP contribution is 2.34. The molecule has 40 heavy (non-hydrogen) atoms. The van der Waals surface area contributed by atoms with E-state index in [2.05, 4.69) is 11.1 Å². The molecule has 0 amide bonds. The van der Waals surface area contributed by atoms with Crippen molar-refractivity contribution in [3.63, 3.8) is 0 Å². The van der Waals surface area contributed by atoms with Gasteiger partial charge in [-0.05, 0) is 43.7 Å². The van der Waals surface area contributed by atoms with Crippen LogP contribution in [0.2, 0.25) is 0 Å². The monoisotopic (exact) mass is 558 g/mol. The van der Waals surface area contributed by atoms with Crippen LogP contribution in [0.1, 0.15) is 48.6 Å². The lowest BCUT2D eigenvalue weighted by Crippen LogP contribution is -2.34. The SMILES string of the molecule is CC.CNCOCCCc1c2c(nc3/c1=C\COCOC\C=3)-c1cc3c(c(=O)n1C2)COC(=O)C3O.NCC=O. The Labute approximate surface area is 232 Å². The van der Waals surface area contributed by atoms with Crippen molar-refractivity contribution in [1.82, 2.24) is 14.9 Å². The van der Waals surface area contributed by atoms with Crippen LogP contribution in [0.15, 0.2) is 10.9 Å². The van der Waals surface area contributed by atoms with Gasteiger partial charge in [0.2, 0.25) is 0 Å². The molecule has 1 unspecified atom stereocenters. The average molecular weight is 559 g/mol. The topological polar surface area (TPSA) is 164 Å². The predicted molar refractivity (Wildman–Crippen MR) is 147 cm³/mol. The van der Waals surface area contributed by atoms with Crippen LogP contribution >= 0.6 is 0 Å². The molecule has 1 atom stereocenters. The summed E-state index contributed by atoms with van der Waals surface area (Å²) in [5.74, 6) is -0.750. The first-order valence-electron chi connectivity index (χ1n) is 13.4. The third-order valence-corrected chi connectivity index (χ3v) is 6.38. The number of esters is 1. The van der Waals surface area contributed by atoms with Gasteiger partial charge < -0.3 is 39.1 Å². The summed E-state index contributed by atoms with van der Waals surface area (Å²) >= 11 is 0.